The van der Waals surface area contributed by atoms with E-state index in [1.54, 1.807) is 24.6 Å². The molecule has 1 heterocycles. The Kier molecular flexibility index (Phi) is 8.48. The maximum Gasteiger partial charge on any atom is 0.252 e. The number of likely N-dealkylation sites (N-methyl/N-ethyl adjacent to an activating group) is 1. The third-order valence-corrected chi connectivity index (χ3v) is 7.37. The van der Waals surface area contributed by atoms with E-state index in [1.165, 1.54) is 13.1 Å². The second-order valence-electron chi connectivity index (χ2n) is 6.99. The largest absolute Gasteiger partial charge is 0.493 e. The number of hydrogen-bond donors (Lipinski definition) is 1. The van der Waals surface area contributed by atoms with Gasteiger partial charge in [0.05, 0.1) is 20.3 Å². The number of carbonyl (C=O) groups is 1. The fourth-order valence-electron chi connectivity index (χ4n) is 2.45. The second kappa shape index (κ2) is 10.6. The first-order chi connectivity index (χ1) is 13.7. The number of ether oxygens (including phenoxy) is 2. The van der Waals surface area contributed by atoms with Gasteiger partial charge >= 0.3 is 0 Å². The Labute approximate surface area is 176 Å². The minimum atomic E-state index is -3.65. The van der Waals surface area contributed by atoms with Crippen LogP contribution in [0.5, 0.6) is 11.5 Å². The SMILES string of the molecule is COc1cc(CNC(=O)CN(C)S(=O)(=O)c2cccs2)ccc1OCCC(C)C. The van der Waals surface area contributed by atoms with Crippen molar-refractivity contribution in [2.75, 3.05) is 27.3 Å². The van der Waals surface area contributed by atoms with Gasteiger partial charge < -0.3 is 14.8 Å². The highest BCUT2D eigenvalue weighted by Gasteiger charge is 2.23. The van der Waals surface area contributed by atoms with Crippen molar-refractivity contribution < 1.29 is 22.7 Å². The molecule has 1 N–H and O–H groups in total. The third kappa shape index (κ3) is 6.73. The molecule has 0 aliphatic rings. The summed E-state index contributed by atoms with van der Waals surface area (Å²) < 4.78 is 37.1. The number of carbonyl (C=O) groups excluding carboxylic acids is 1. The van der Waals surface area contributed by atoms with Gasteiger partial charge in [-0.05, 0) is 41.5 Å². The molecule has 0 aliphatic carbocycles. The monoisotopic (exact) mass is 440 g/mol. The fourth-order valence-corrected chi connectivity index (χ4v) is 4.78. The summed E-state index contributed by atoms with van der Waals surface area (Å²) in [4.78, 5) is 12.2. The van der Waals surface area contributed by atoms with Gasteiger partial charge in [0, 0.05) is 13.6 Å². The molecule has 0 fully saturated rings. The number of benzene rings is 1. The molecule has 1 aromatic carbocycles. The Bertz CT molecular complexity index is 896. The summed E-state index contributed by atoms with van der Waals surface area (Å²) in [6, 6.07) is 8.64. The number of rotatable bonds is 11. The van der Waals surface area contributed by atoms with Crippen LogP contribution in [0.1, 0.15) is 25.8 Å². The average Bonchev–Trinajstić information content (AvgIpc) is 3.22. The molecule has 1 amide bonds. The highest BCUT2D eigenvalue weighted by Crippen LogP contribution is 2.28. The van der Waals surface area contributed by atoms with Gasteiger partial charge in [0.1, 0.15) is 4.21 Å². The minimum absolute atomic E-state index is 0.214. The fraction of sp³-hybridized carbons (Fsp3) is 0.450. The van der Waals surface area contributed by atoms with Crippen molar-refractivity contribution >= 4 is 27.3 Å². The summed E-state index contributed by atoms with van der Waals surface area (Å²) >= 11 is 1.12. The Morgan fingerprint density at radius 1 is 1.24 bits per heavy atom. The van der Waals surface area contributed by atoms with Crippen LogP contribution in [-0.4, -0.2) is 45.9 Å². The summed E-state index contributed by atoms with van der Waals surface area (Å²) in [7, 11) is -0.694. The quantitative estimate of drug-likeness (QED) is 0.580. The molecule has 0 saturated carbocycles. The Morgan fingerprint density at radius 3 is 2.62 bits per heavy atom. The normalized spacial score (nSPS) is 11.7. The van der Waals surface area contributed by atoms with Gasteiger partial charge in [-0.3, -0.25) is 4.79 Å². The predicted octanol–water partition coefficient (Wildman–Crippen LogP) is 3.12. The minimum Gasteiger partial charge on any atom is -0.493 e. The molecule has 0 spiro atoms. The van der Waals surface area contributed by atoms with Crippen LogP contribution in [0.15, 0.2) is 39.9 Å². The van der Waals surface area contributed by atoms with Crippen LogP contribution in [0.25, 0.3) is 0 Å². The smallest absolute Gasteiger partial charge is 0.252 e. The average molecular weight is 441 g/mol. The van der Waals surface area contributed by atoms with Crippen LogP contribution in [0, 0.1) is 5.92 Å². The summed E-state index contributed by atoms with van der Waals surface area (Å²) in [6.07, 6.45) is 0.947. The lowest BCUT2D eigenvalue weighted by Gasteiger charge is -2.16. The van der Waals surface area contributed by atoms with Crippen LogP contribution >= 0.6 is 11.3 Å². The molecule has 29 heavy (non-hydrogen) atoms. The topological polar surface area (TPSA) is 84.9 Å². The van der Waals surface area contributed by atoms with E-state index in [-0.39, 0.29) is 23.2 Å². The van der Waals surface area contributed by atoms with Crippen LogP contribution in [0.3, 0.4) is 0 Å². The van der Waals surface area contributed by atoms with Gasteiger partial charge in [0.15, 0.2) is 11.5 Å². The van der Waals surface area contributed by atoms with E-state index in [9.17, 15) is 13.2 Å². The van der Waals surface area contributed by atoms with Crippen molar-refractivity contribution in [3.63, 3.8) is 0 Å². The van der Waals surface area contributed by atoms with Crippen molar-refractivity contribution in [1.29, 1.82) is 0 Å². The number of methoxy groups -OCH3 is 1. The molecule has 0 aliphatic heterocycles. The lowest BCUT2D eigenvalue weighted by atomic mass is 10.1. The Morgan fingerprint density at radius 2 is 2.00 bits per heavy atom. The van der Waals surface area contributed by atoms with E-state index in [0.29, 0.717) is 24.0 Å². The van der Waals surface area contributed by atoms with Crippen LogP contribution in [0.2, 0.25) is 0 Å². The zero-order valence-corrected chi connectivity index (χ0v) is 18.8. The lowest BCUT2D eigenvalue weighted by molar-refractivity contribution is -0.121. The van der Waals surface area contributed by atoms with E-state index < -0.39 is 10.0 Å². The van der Waals surface area contributed by atoms with Gasteiger partial charge in [-0.1, -0.05) is 26.0 Å². The predicted molar refractivity (Wildman–Crippen MR) is 114 cm³/mol. The van der Waals surface area contributed by atoms with Crippen molar-refractivity contribution in [3.05, 3.63) is 41.3 Å². The Hall–Kier alpha value is -2.10. The van der Waals surface area contributed by atoms with Gasteiger partial charge in [0.2, 0.25) is 5.91 Å². The number of nitrogens with zero attached hydrogens (tertiary/aromatic N) is 1. The summed E-state index contributed by atoms with van der Waals surface area (Å²) in [5, 5.41) is 4.42. The molecule has 0 saturated heterocycles. The molecule has 7 nitrogen and oxygen atoms in total. The molecule has 0 unspecified atom stereocenters. The maximum absolute atomic E-state index is 12.4. The van der Waals surface area contributed by atoms with Crippen molar-refractivity contribution in [3.8, 4) is 11.5 Å². The highest BCUT2D eigenvalue weighted by atomic mass is 32.2. The molecule has 160 valence electrons. The molecular weight excluding hydrogens is 412 g/mol. The number of thiophene rings is 1. The van der Waals surface area contributed by atoms with Crippen LogP contribution < -0.4 is 14.8 Å². The number of hydrogen-bond acceptors (Lipinski definition) is 6. The Balaban J connectivity index is 1.91. The molecule has 0 atom stereocenters. The van der Waals surface area contributed by atoms with Crippen molar-refractivity contribution in [2.24, 2.45) is 5.92 Å². The maximum atomic E-state index is 12.4. The van der Waals surface area contributed by atoms with Crippen molar-refractivity contribution in [2.45, 2.75) is 31.0 Å². The number of nitrogens with one attached hydrogen (secondary N) is 1. The lowest BCUT2D eigenvalue weighted by Crippen LogP contribution is -2.37. The summed E-state index contributed by atoms with van der Waals surface area (Å²) in [5.74, 6) is 1.42. The second-order valence-corrected chi connectivity index (χ2v) is 10.2. The van der Waals surface area contributed by atoms with Crippen LogP contribution in [0.4, 0.5) is 0 Å². The molecule has 2 aromatic rings. The van der Waals surface area contributed by atoms with Gasteiger partial charge in [0.25, 0.3) is 10.0 Å². The van der Waals surface area contributed by atoms with E-state index in [2.05, 4.69) is 19.2 Å². The zero-order valence-electron chi connectivity index (χ0n) is 17.2. The molecular formula is C20H28N2O5S2. The molecule has 0 radical (unpaired) electrons. The molecule has 2 rings (SSSR count). The van der Waals surface area contributed by atoms with E-state index in [4.69, 9.17) is 9.47 Å². The summed E-state index contributed by atoms with van der Waals surface area (Å²) in [5.41, 5.74) is 0.829. The third-order valence-electron chi connectivity index (χ3n) is 4.20. The van der Waals surface area contributed by atoms with Crippen LogP contribution in [-0.2, 0) is 21.4 Å². The van der Waals surface area contributed by atoms with Crippen molar-refractivity contribution in [1.82, 2.24) is 9.62 Å². The molecule has 1 aromatic heterocycles. The first kappa shape index (κ1) is 23.2. The molecule has 0 bridgehead atoms. The van der Waals surface area contributed by atoms with Gasteiger partial charge in [-0.25, -0.2) is 8.42 Å². The van der Waals surface area contributed by atoms with Gasteiger partial charge in [-0.2, -0.15) is 4.31 Å². The zero-order chi connectivity index (χ0) is 21.4. The standard InChI is InChI=1S/C20H28N2O5S2/c1-15(2)9-10-27-17-8-7-16(12-18(17)26-4)13-21-19(23)14-22(3)29(24,25)20-6-5-11-28-20/h5-8,11-12,15H,9-10,13-14H2,1-4H3,(H,21,23). The first-order valence-electron chi connectivity index (χ1n) is 9.30. The van der Waals surface area contributed by atoms with E-state index in [1.807, 2.05) is 12.1 Å². The molecule has 9 heteroatoms. The van der Waals surface area contributed by atoms with E-state index >= 15 is 0 Å². The summed E-state index contributed by atoms with van der Waals surface area (Å²) in [6.45, 7) is 4.88. The van der Waals surface area contributed by atoms with Gasteiger partial charge in [-0.15, -0.1) is 11.3 Å². The number of sulfonamides is 1. The highest BCUT2D eigenvalue weighted by molar-refractivity contribution is 7.91. The number of amides is 1. The van der Waals surface area contributed by atoms with E-state index in [0.717, 1.165) is 27.6 Å². The first-order valence-corrected chi connectivity index (χ1v) is 11.6.